The zero-order chi connectivity index (χ0) is 15.3. The maximum Gasteiger partial charge on any atom is 0.154 e. The number of sulfone groups is 1. The molecule has 0 saturated carbocycles. The van der Waals surface area contributed by atoms with Gasteiger partial charge in [-0.25, -0.2) is 8.42 Å². The lowest BCUT2D eigenvalue weighted by atomic mass is 10.1. The molecule has 118 valence electrons. The highest BCUT2D eigenvalue weighted by Crippen LogP contribution is 2.21. The summed E-state index contributed by atoms with van der Waals surface area (Å²) in [5.74, 6) is 1.23. The summed E-state index contributed by atoms with van der Waals surface area (Å²) in [6, 6.07) is 8.14. The van der Waals surface area contributed by atoms with Crippen molar-refractivity contribution in [2.45, 2.75) is 44.4 Å². The van der Waals surface area contributed by atoms with Gasteiger partial charge in [0.2, 0.25) is 0 Å². The van der Waals surface area contributed by atoms with Crippen molar-refractivity contribution in [3.05, 3.63) is 29.8 Å². The molecule has 21 heavy (non-hydrogen) atoms. The average Bonchev–Trinajstić information content (AvgIpc) is 2.82. The van der Waals surface area contributed by atoms with Crippen LogP contribution in [0.15, 0.2) is 24.3 Å². The molecule has 1 aromatic rings. The van der Waals surface area contributed by atoms with Crippen molar-refractivity contribution in [1.29, 1.82) is 0 Å². The molecule has 2 unspecified atom stereocenters. The van der Waals surface area contributed by atoms with Crippen LogP contribution in [-0.2, 0) is 9.84 Å². The van der Waals surface area contributed by atoms with Crippen molar-refractivity contribution >= 4 is 9.84 Å². The van der Waals surface area contributed by atoms with Crippen molar-refractivity contribution in [2.24, 2.45) is 0 Å². The third-order valence-electron chi connectivity index (χ3n) is 3.97. The van der Waals surface area contributed by atoms with Gasteiger partial charge in [-0.3, -0.25) is 0 Å². The SMILES string of the molecule is CCCOc1ccc(C(C)NCC2CCCS2(=O)=O)cc1. The van der Waals surface area contributed by atoms with Gasteiger partial charge in [0.05, 0.1) is 17.6 Å². The van der Waals surface area contributed by atoms with Crippen LogP contribution in [0.3, 0.4) is 0 Å². The fourth-order valence-electron chi connectivity index (χ4n) is 2.59. The van der Waals surface area contributed by atoms with E-state index in [1.165, 1.54) is 0 Å². The highest BCUT2D eigenvalue weighted by molar-refractivity contribution is 7.92. The predicted octanol–water partition coefficient (Wildman–Crippen LogP) is 2.70. The Balaban J connectivity index is 1.87. The third kappa shape index (κ3) is 4.45. The van der Waals surface area contributed by atoms with Gasteiger partial charge in [-0.2, -0.15) is 0 Å². The molecule has 1 aromatic carbocycles. The molecule has 1 heterocycles. The molecular formula is C16H25NO3S. The molecule has 2 atom stereocenters. The summed E-state index contributed by atoms with van der Waals surface area (Å²) in [7, 11) is -2.86. The highest BCUT2D eigenvalue weighted by atomic mass is 32.2. The van der Waals surface area contributed by atoms with Crippen LogP contribution in [-0.4, -0.2) is 32.6 Å². The lowest BCUT2D eigenvalue weighted by Gasteiger charge is -2.17. The minimum Gasteiger partial charge on any atom is -0.494 e. The highest BCUT2D eigenvalue weighted by Gasteiger charge is 2.31. The summed E-state index contributed by atoms with van der Waals surface area (Å²) < 4.78 is 29.2. The Morgan fingerprint density at radius 1 is 1.33 bits per heavy atom. The van der Waals surface area contributed by atoms with E-state index >= 15 is 0 Å². The van der Waals surface area contributed by atoms with E-state index in [4.69, 9.17) is 4.74 Å². The van der Waals surface area contributed by atoms with E-state index in [0.717, 1.165) is 37.2 Å². The molecule has 1 aliphatic heterocycles. The summed E-state index contributed by atoms with van der Waals surface area (Å²) >= 11 is 0. The Bertz CT molecular complexity index is 539. The zero-order valence-electron chi connectivity index (χ0n) is 12.8. The van der Waals surface area contributed by atoms with Crippen LogP contribution in [0, 0.1) is 0 Å². The maximum atomic E-state index is 11.8. The molecule has 0 spiro atoms. The van der Waals surface area contributed by atoms with Crippen LogP contribution >= 0.6 is 0 Å². The van der Waals surface area contributed by atoms with Crippen molar-refractivity contribution in [3.8, 4) is 5.75 Å². The first kappa shape index (κ1) is 16.3. The molecule has 0 aliphatic carbocycles. The lowest BCUT2D eigenvalue weighted by Crippen LogP contribution is -2.32. The quantitative estimate of drug-likeness (QED) is 0.841. The Hall–Kier alpha value is -1.07. The van der Waals surface area contributed by atoms with E-state index in [1.807, 2.05) is 24.3 Å². The average molecular weight is 311 g/mol. The largest absolute Gasteiger partial charge is 0.494 e. The third-order valence-corrected chi connectivity index (χ3v) is 6.24. The van der Waals surface area contributed by atoms with E-state index in [-0.39, 0.29) is 11.3 Å². The van der Waals surface area contributed by atoms with Gasteiger partial charge in [0.25, 0.3) is 0 Å². The van der Waals surface area contributed by atoms with Gasteiger partial charge in [0, 0.05) is 12.6 Å². The van der Waals surface area contributed by atoms with Crippen molar-refractivity contribution in [2.75, 3.05) is 18.9 Å². The minimum absolute atomic E-state index is 0.140. The molecular weight excluding hydrogens is 286 g/mol. The molecule has 5 heteroatoms. The van der Waals surface area contributed by atoms with Gasteiger partial charge in [0.1, 0.15) is 5.75 Å². The minimum atomic E-state index is -2.86. The Labute approximate surface area is 127 Å². The van der Waals surface area contributed by atoms with Crippen LogP contribution in [0.2, 0.25) is 0 Å². The Morgan fingerprint density at radius 2 is 2.05 bits per heavy atom. The monoisotopic (exact) mass is 311 g/mol. The zero-order valence-corrected chi connectivity index (χ0v) is 13.7. The number of nitrogens with one attached hydrogen (secondary N) is 1. The number of ether oxygens (including phenoxy) is 1. The van der Waals surface area contributed by atoms with Crippen LogP contribution in [0.1, 0.15) is 44.7 Å². The van der Waals surface area contributed by atoms with E-state index in [1.54, 1.807) is 0 Å². The van der Waals surface area contributed by atoms with E-state index in [2.05, 4.69) is 19.2 Å². The second-order valence-corrected chi connectivity index (χ2v) is 8.08. The number of hydrogen-bond acceptors (Lipinski definition) is 4. The summed E-state index contributed by atoms with van der Waals surface area (Å²) in [4.78, 5) is 0. The lowest BCUT2D eigenvalue weighted by molar-refractivity contribution is 0.317. The number of rotatable bonds is 7. The maximum absolute atomic E-state index is 11.8. The summed E-state index contributed by atoms with van der Waals surface area (Å²) in [5, 5.41) is 3.12. The molecule has 0 bridgehead atoms. The fraction of sp³-hybridized carbons (Fsp3) is 0.625. The molecule has 1 N–H and O–H groups in total. The molecule has 4 nitrogen and oxygen atoms in total. The number of hydrogen-bond donors (Lipinski definition) is 1. The molecule has 0 amide bonds. The van der Waals surface area contributed by atoms with Crippen molar-refractivity contribution < 1.29 is 13.2 Å². The van der Waals surface area contributed by atoms with Gasteiger partial charge >= 0.3 is 0 Å². The Kier molecular flexibility index (Phi) is 5.65. The summed E-state index contributed by atoms with van der Waals surface area (Å²) in [5.41, 5.74) is 1.15. The normalized spacial score (nSPS) is 22.1. The number of benzene rings is 1. The van der Waals surface area contributed by atoms with Crippen molar-refractivity contribution in [1.82, 2.24) is 5.32 Å². The van der Waals surface area contributed by atoms with Crippen LogP contribution in [0.5, 0.6) is 5.75 Å². The van der Waals surface area contributed by atoms with Gasteiger partial charge in [-0.15, -0.1) is 0 Å². The summed E-state index contributed by atoms with van der Waals surface area (Å²) in [6.45, 7) is 5.41. The Morgan fingerprint density at radius 3 is 2.62 bits per heavy atom. The molecule has 1 aliphatic rings. The molecule has 1 saturated heterocycles. The van der Waals surface area contributed by atoms with Gasteiger partial charge in [-0.1, -0.05) is 19.1 Å². The van der Waals surface area contributed by atoms with Gasteiger partial charge in [-0.05, 0) is 43.9 Å². The first-order chi connectivity index (χ1) is 10.0. The summed E-state index contributed by atoms with van der Waals surface area (Å²) in [6.07, 6.45) is 2.58. The second-order valence-electron chi connectivity index (χ2n) is 5.68. The van der Waals surface area contributed by atoms with Crippen LogP contribution < -0.4 is 10.1 Å². The first-order valence-corrected chi connectivity index (χ1v) is 9.42. The van der Waals surface area contributed by atoms with Crippen molar-refractivity contribution in [3.63, 3.8) is 0 Å². The fourth-order valence-corrected chi connectivity index (χ4v) is 4.36. The van der Waals surface area contributed by atoms with E-state index in [9.17, 15) is 8.42 Å². The predicted molar refractivity (Wildman–Crippen MR) is 85.5 cm³/mol. The first-order valence-electron chi connectivity index (χ1n) is 7.70. The topological polar surface area (TPSA) is 55.4 Å². The molecule has 0 radical (unpaired) electrons. The molecule has 1 fully saturated rings. The standard InChI is InChI=1S/C16H25NO3S/c1-3-10-20-15-8-6-14(7-9-15)13(2)17-12-16-5-4-11-21(16,18)19/h6-9,13,16-17H,3-5,10-12H2,1-2H3. The van der Waals surface area contributed by atoms with E-state index < -0.39 is 9.84 Å². The molecule has 2 rings (SSSR count). The van der Waals surface area contributed by atoms with Crippen LogP contribution in [0.4, 0.5) is 0 Å². The van der Waals surface area contributed by atoms with Gasteiger partial charge < -0.3 is 10.1 Å². The second kappa shape index (κ2) is 7.27. The molecule has 0 aromatic heterocycles. The van der Waals surface area contributed by atoms with Crippen LogP contribution in [0.25, 0.3) is 0 Å². The van der Waals surface area contributed by atoms with Gasteiger partial charge in [0.15, 0.2) is 9.84 Å². The van der Waals surface area contributed by atoms with E-state index in [0.29, 0.717) is 12.3 Å². The smallest absolute Gasteiger partial charge is 0.154 e.